The van der Waals surface area contributed by atoms with Gasteiger partial charge in [-0.3, -0.25) is 0 Å². The van der Waals surface area contributed by atoms with Gasteiger partial charge in [-0.2, -0.15) is 0 Å². The summed E-state index contributed by atoms with van der Waals surface area (Å²) in [6.45, 7) is 3.92. The standard InChI is InChI=1S/C16H17BrClN3/c17-12-13-14(18)4-3-5-15(13)20-8-10-21(11-9-20)16-6-1-2-7-19-16/h1-7H,8-12H2. The molecule has 0 aliphatic carbocycles. The number of nitrogens with zero attached hydrogens (tertiary/aromatic N) is 3. The Morgan fingerprint density at radius 3 is 2.43 bits per heavy atom. The van der Waals surface area contributed by atoms with E-state index in [9.17, 15) is 0 Å². The highest BCUT2D eigenvalue weighted by atomic mass is 79.9. The number of rotatable bonds is 3. The zero-order valence-electron chi connectivity index (χ0n) is 11.7. The van der Waals surface area contributed by atoms with Gasteiger partial charge in [0, 0.05) is 54.0 Å². The van der Waals surface area contributed by atoms with E-state index in [2.05, 4.69) is 42.8 Å². The molecule has 5 heteroatoms. The molecule has 2 aromatic rings. The molecule has 0 bridgehead atoms. The van der Waals surface area contributed by atoms with E-state index in [1.165, 1.54) is 11.3 Å². The van der Waals surface area contributed by atoms with E-state index in [0.29, 0.717) is 0 Å². The van der Waals surface area contributed by atoms with Gasteiger partial charge in [-0.25, -0.2) is 4.98 Å². The lowest BCUT2D eigenvalue weighted by atomic mass is 10.1. The summed E-state index contributed by atoms with van der Waals surface area (Å²) in [5, 5.41) is 1.61. The molecule has 0 atom stereocenters. The van der Waals surface area contributed by atoms with E-state index in [0.717, 1.165) is 42.3 Å². The minimum Gasteiger partial charge on any atom is -0.368 e. The number of halogens is 2. The van der Waals surface area contributed by atoms with Gasteiger partial charge in [0.05, 0.1) is 0 Å². The fourth-order valence-corrected chi connectivity index (χ4v) is 3.68. The summed E-state index contributed by atoms with van der Waals surface area (Å²) in [6.07, 6.45) is 1.85. The molecule has 0 amide bonds. The largest absolute Gasteiger partial charge is 0.368 e. The fraction of sp³-hybridized carbons (Fsp3) is 0.312. The van der Waals surface area contributed by atoms with Gasteiger partial charge >= 0.3 is 0 Å². The summed E-state index contributed by atoms with van der Waals surface area (Å²) in [6, 6.07) is 12.2. The number of aromatic nitrogens is 1. The SMILES string of the molecule is Clc1cccc(N2CCN(c3ccccn3)CC2)c1CBr. The average molecular weight is 367 g/mol. The first-order chi connectivity index (χ1) is 10.3. The number of piperazine rings is 1. The van der Waals surface area contributed by atoms with Crippen molar-refractivity contribution in [3.63, 3.8) is 0 Å². The van der Waals surface area contributed by atoms with Gasteiger partial charge in [0.1, 0.15) is 5.82 Å². The summed E-state index contributed by atoms with van der Waals surface area (Å²) < 4.78 is 0. The van der Waals surface area contributed by atoms with Crippen molar-refractivity contribution in [3.8, 4) is 0 Å². The molecule has 0 spiro atoms. The molecule has 0 unspecified atom stereocenters. The lowest BCUT2D eigenvalue weighted by Gasteiger charge is -2.37. The van der Waals surface area contributed by atoms with Crippen molar-refractivity contribution in [1.82, 2.24) is 4.98 Å². The van der Waals surface area contributed by atoms with Crippen LogP contribution in [0.4, 0.5) is 11.5 Å². The van der Waals surface area contributed by atoms with Gasteiger partial charge < -0.3 is 9.80 Å². The quantitative estimate of drug-likeness (QED) is 0.767. The van der Waals surface area contributed by atoms with Crippen LogP contribution in [-0.2, 0) is 5.33 Å². The molecule has 0 saturated carbocycles. The minimum atomic E-state index is 0.780. The summed E-state index contributed by atoms with van der Waals surface area (Å²) >= 11 is 9.84. The van der Waals surface area contributed by atoms with E-state index in [1.807, 2.05) is 30.5 Å². The van der Waals surface area contributed by atoms with Crippen LogP contribution < -0.4 is 9.80 Å². The molecule has 1 aliphatic rings. The van der Waals surface area contributed by atoms with Crippen LogP contribution in [0.1, 0.15) is 5.56 Å². The zero-order chi connectivity index (χ0) is 14.7. The van der Waals surface area contributed by atoms with Crippen LogP contribution >= 0.6 is 27.5 Å². The van der Waals surface area contributed by atoms with Crippen molar-refractivity contribution in [2.45, 2.75) is 5.33 Å². The van der Waals surface area contributed by atoms with Crippen molar-refractivity contribution < 1.29 is 0 Å². The Hall–Kier alpha value is -1.26. The number of pyridine rings is 1. The summed E-state index contributed by atoms with van der Waals surface area (Å²) in [4.78, 5) is 9.16. The van der Waals surface area contributed by atoms with Crippen molar-refractivity contribution in [3.05, 3.63) is 53.2 Å². The van der Waals surface area contributed by atoms with Crippen LogP contribution in [-0.4, -0.2) is 31.2 Å². The third kappa shape index (κ3) is 3.16. The molecule has 1 aromatic heterocycles. The highest BCUT2D eigenvalue weighted by Crippen LogP contribution is 2.30. The van der Waals surface area contributed by atoms with Gasteiger partial charge in [0.2, 0.25) is 0 Å². The normalized spacial score (nSPS) is 15.3. The molecule has 3 nitrogen and oxygen atoms in total. The maximum absolute atomic E-state index is 6.30. The molecule has 1 aliphatic heterocycles. The highest BCUT2D eigenvalue weighted by Gasteiger charge is 2.20. The average Bonchev–Trinajstić information content (AvgIpc) is 2.55. The third-order valence-corrected chi connectivity index (χ3v) is 4.74. The maximum atomic E-state index is 6.30. The summed E-state index contributed by atoms with van der Waals surface area (Å²) in [5.74, 6) is 1.06. The number of anilines is 2. The van der Waals surface area contributed by atoms with Crippen LogP contribution in [0.2, 0.25) is 5.02 Å². The van der Waals surface area contributed by atoms with Crippen LogP contribution in [0, 0.1) is 0 Å². The van der Waals surface area contributed by atoms with Crippen molar-refractivity contribution in [1.29, 1.82) is 0 Å². The highest BCUT2D eigenvalue weighted by molar-refractivity contribution is 9.08. The Bertz CT molecular complexity index is 598. The van der Waals surface area contributed by atoms with Crippen LogP contribution in [0.25, 0.3) is 0 Å². The van der Waals surface area contributed by atoms with Crippen LogP contribution in [0.5, 0.6) is 0 Å². The summed E-state index contributed by atoms with van der Waals surface area (Å²) in [7, 11) is 0. The second-order valence-electron chi connectivity index (χ2n) is 5.03. The molecular formula is C16H17BrClN3. The van der Waals surface area contributed by atoms with E-state index < -0.39 is 0 Å². The number of hydrogen-bond acceptors (Lipinski definition) is 3. The van der Waals surface area contributed by atoms with E-state index in [1.54, 1.807) is 0 Å². The Morgan fingerprint density at radius 1 is 1.00 bits per heavy atom. The smallest absolute Gasteiger partial charge is 0.128 e. The topological polar surface area (TPSA) is 19.4 Å². The summed E-state index contributed by atoms with van der Waals surface area (Å²) in [5.41, 5.74) is 2.41. The first kappa shape index (κ1) is 14.7. The number of benzene rings is 1. The third-order valence-electron chi connectivity index (χ3n) is 3.82. The molecule has 0 radical (unpaired) electrons. The van der Waals surface area contributed by atoms with Gasteiger partial charge in [0.15, 0.2) is 0 Å². The maximum Gasteiger partial charge on any atom is 0.128 e. The molecule has 3 rings (SSSR count). The van der Waals surface area contributed by atoms with Gasteiger partial charge in [-0.15, -0.1) is 0 Å². The Kier molecular flexibility index (Phi) is 4.66. The second kappa shape index (κ2) is 6.67. The van der Waals surface area contributed by atoms with Crippen molar-refractivity contribution >= 4 is 39.0 Å². The fourth-order valence-electron chi connectivity index (χ4n) is 2.69. The molecular weight excluding hydrogens is 350 g/mol. The minimum absolute atomic E-state index is 0.780. The van der Waals surface area contributed by atoms with Gasteiger partial charge in [-0.1, -0.05) is 39.7 Å². The molecule has 110 valence electrons. The first-order valence-corrected chi connectivity index (χ1v) is 8.54. The van der Waals surface area contributed by atoms with E-state index in [4.69, 9.17) is 11.6 Å². The molecule has 0 N–H and O–H groups in total. The first-order valence-electron chi connectivity index (χ1n) is 7.04. The molecule has 1 fully saturated rings. The lowest BCUT2D eigenvalue weighted by Crippen LogP contribution is -2.47. The molecule has 1 saturated heterocycles. The Morgan fingerprint density at radius 2 is 1.76 bits per heavy atom. The number of alkyl halides is 1. The Balaban J connectivity index is 1.73. The number of hydrogen-bond donors (Lipinski definition) is 0. The monoisotopic (exact) mass is 365 g/mol. The van der Waals surface area contributed by atoms with Crippen molar-refractivity contribution in [2.24, 2.45) is 0 Å². The van der Waals surface area contributed by atoms with Crippen LogP contribution in [0.3, 0.4) is 0 Å². The van der Waals surface area contributed by atoms with Crippen molar-refractivity contribution in [2.75, 3.05) is 36.0 Å². The second-order valence-corrected chi connectivity index (χ2v) is 6.00. The molecule has 1 aromatic carbocycles. The predicted octanol–water partition coefficient (Wildman–Crippen LogP) is 3.96. The van der Waals surface area contributed by atoms with E-state index >= 15 is 0 Å². The van der Waals surface area contributed by atoms with E-state index in [-0.39, 0.29) is 0 Å². The Labute approximate surface area is 138 Å². The van der Waals surface area contributed by atoms with Gasteiger partial charge in [0.25, 0.3) is 0 Å². The predicted molar refractivity (Wildman–Crippen MR) is 92.7 cm³/mol. The molecule has 2 heterocycles. The molecule has 21 heavy (non-hydrogen) atoms. The lowest BCUT2D eigenvalue weighted by molar-refractivity contribution is 0.646. The zero-order valence-corrected chi connectivity index (χ0v) is 14.0. The van der Waals surface area contributed by atoms with Crippen LogP contribution in [0.15, 0.2) is 42.6 Å². The van der Waals surface area contributed by atoms with Gasteiger partial charge in [-0.05, 0) is 24.3 Å².